The van der Waals surface area contributed by atoms with Gasteiger partial charge in [-0.15, -0.1) is 0 Å². The molecule has 0 radical (unpaired) electrons. The van der Waals surface area contributed by atoms with Gasteiger partial charge in [0.05, 0.1) is 0 Å². The van der Waals surface area contributed by atoms with Gasteiger partial charge in [0.15, 0.2) is 0 Å². The Labute approximate surface area is 225 Å². The number of unbranched alkanes of at least 4 members (excludes halogenated alkanes) is 3. The Morgan fingerprint density at radius 2 is 1.65 bits per heavy atom. The summed E-state index contributed by atoms with van der Waals surface area (Å²) in [5.74, 6) is 1.07. The van der Waals surface area contributed by atoms with E-state index in [9.17, 15) is 0 Å². The molecule has 4 aromatic rings. The quantitative estimate of drug-likeness (QED) is 0.144. The average Bonchev–Trinajstić information content (AvgIpc) is 3.49. The normalized spacial score (nSPS) is 14.0. The zero-order valence-electron chi connectivity index (χ0n) is 22.9. The van der Waals surface area contributed by atoms with E-state index in [-0.39, 0.29) is 0 Å². The van der Waals surface area contributed by atoms with Gasteiger partial charge in [-0.3, -0.25) is 0 Å². The minimum absolute atomic E-state index is 0.556. The van der Waals surface area contributed by atoms with E-state index >= 15 is 0 Å². The first kappa shape index (κ1) is 26.4. The van der Waals surface area contributed by atoms with E-state index in [4.69, 9.17) is 4.98 Å². The molecule has 3 aromatic heterocycles. The molecule has 1 aromatic carbocycles. The van der Waals surface area contributed by atoms with Crippen LogP contribution in [0.15, 0.2) is 49.1 Å². The van der Waals surface area contributed by atoms with Gasteiger partial charge in [0, 0.05) is 0 Å². The third kappa shape index (κ3) is 5.94. The van der Waals surface area contributed by atoms with Gasteiger partial charge in [0.25, 0.3) is 0 Å². The number of nitrogens with zero attached hydrogens (tertiary/aromatic N) is 6. The van der Waals surface area contributed by atoms with Gasteiger partial charge in [-0.1, -0.05) is 0 Å². The number of imidazole rings is 1. The molecule has 7 heteroatoms. The molecule has 0 amide bonds. The molecule has 196 valence electrons. The Bertz CT molecular complexity index is 1270. The molecule has 0 unspecified atom stereocenters. The summed E-state index contributed by atoms with van der Waals surface area (Å²) in [5.41, 5.74) is 4.70. The van der Waals surface area contributed by atoms with Crippen molar-refractivity contribution in [2.75, 3.05) is 0 Å². The zero-order chi connectivity index (χ0) is 25.7. The first-order valence-corrected chi connectivity index (χ1v) is 22.0. The Morgan fingerprint density at radius 3 is 2.27 bits per heavy atom. The Morgan fingerprint density at radius 1 is 0.919 bits per heavy atom. The summed E-state index contributed by atoms with van der Waals surface area (Å²) in [6.45, 7) is 7.74. The number of pyridine rings is 1. The molecule has 1 aliphatic rings. The molecule has 0 N–H and O–H groups in total. The van der Waals surface area contributed by atoms with Crippen LogP contribution in [-0.2, 0) is 6.54 Å². The molecular weight excluding hydrogens is 563 g/mol. The molecule has 0 aliphatic heterocycles. The van der Waals surface area contributed by atoms with E-state index in [0.29, 0.717) is 12.6 Å². The van der Waals surface area contributed by atoms with Crippen LogP contribution in [-0.4, -0.2) is 47.9 Å². The third-order valence-electron chi connectivity index (χ3n) is 8.11. The maximum atomic E-state index is 5.20. The third-order valence-corrected chi connectivity index (χ3v) is 23.7. The Balaban J connectivity index is 1.57. The van der Waals surface area contributed by atoms with Crippen molar-refractivity contribution in [3.63, 3.8) is 0 Å². The molecule has 0 spiro atoms. The summed E-state index contributed by atoms with van der Waals surface area (Å²) >= 11 is -2.52. The summed E-state index contributed by atoms with van der Waals surface area (Å²) in [5, 5.41) is 8.06. The van der Waals surface area contributed by atoms with Crippen LogP contribution in [0, 0.1) is 0 Å². The molecule has 5 rings (SSSR count). The molecule has 1 saturated carbocycles. The van der Waals surface area contributed by atoms with Gasteiger partial charge in [-0.25, -0.2) is 0 Å². The van der Waals surface area contributed by atoms with Crippen molar-refractivity contribution in [1.29, 1.82) is 0 Å². The van der Waals surface area contributed by atoms with Gasteiger partial charge in [-0.05, 0) is 0 Å². The van der Waals surface area contributed by atoms with E-state index in [0.717, 1.165) is 22.5 Å². The van der Waals surface area contributed by atoms with Crippen molar-refractivity contribution in [3.05, 3.63) is 54.6 Å². The van der Waals surface area contributed by atoms with Crippen molar-refractivity contribution >= 4 is 33.0 Å². The fourth-order valence-corrected chi connectivity index (χ4v) is 21.8. The summed E-state index contributed by atoms with van der Waals surface area (Å²) in [6, 6.07) is 10.2. The first-order valence-electron chi connectivity index (χ1n) is 14.5. The Hall–Kier alpha value is -2.22. The van der Waals surface area contributed by atoms with E-state index in [2.05, 4.69) is 64.9 Å². The van der Waals surface area contributed by atoms with Crippen LogP contribution in [0.5, 0.6) is 0 Å². The predicted molar refractivity (Wildman–Crippen MR) is 155 cm³/mol. The number of rotatable bonds is 14. The number of aromatic nitrogens is 6. The molecule has 6 nitrogen and oxygen atoms in total. The van der Waals surface area contributed by atoms with Gasteiger partial charge >= 0.3 is 227 Å². The van der Waals surface area contributed by atoms with Gasteiger partial charge in [0.2, 0.25) is 0 Å². The van der Waals surface area contributed by atoms with Crippen LogP contribution >= 0.6 is 0 Å². The predicted octanol–water partition coefficient (Wildman–Crippen LogP) is 7.13. The molecule has 3 heterocycles. The zero-order valence-corrected chi connectivity index (χ0v) is 25.7. The first-order chi connectivity index (χ1) is 18.2. The number of benzene rings is 1. The summed E-state index contributed by atoms with van der Waals surface area (Å²) in [7, 11) is 0. The van der Waals surface area contributed by atoms with Crippen LogP contribution in [0.25, 0.3) is 22.4 Å². The van der Waals surface area contributed by atoms with Gasteiger partial charge in [-0.2, -0.15) is 0 Å². The van der Waals surface area contributed by atoms with Crippen LogP contribution in [0.4, 0.5) is 0 Å². The van der Waals surface area contributed by atoms with Gasteiger partial charge in [0.1, 0.15) is 0 Å². The van der Waals surface area contributed by atoms with Crippen LogP contribution in [0.2, 0.25) is 13.3 Å². The monoisotopic (exact) mass is 606 g/mol. The second-order valence-corrected chi connectivity index (χ2v) is 24.3. The Kier molecular flexibility index (Phi) is 8.63. The van der Waals surface area contributed by atoms with Crippen molar-refractivity contribution < 1.29 is 0 Å². The van der Waals surface area contributed by atoms with E-state index < -0.39 is 18.4 Å². The van der Waals surface area contributed by atoms with E-state index in [1.54, 1.807) is 9.78 Å². The summed E-state index contributed by atoms with van der Waals surface area (Å²) < 4.78 is 10.6. The molecular formula is C30H42N6Sn. The van der Waals surface area contributed by atoms with Crippen LogP contribution in [0.1, 0.15) is 83.7 Å². The maximum absolute atomic E-state index is 5.20. The van der Waals surface area contributed by atoms with Gasteiger partial charge < -0.3 is 0 Å². The van der Waals surface area contributed by atoms with Crippen LogP contribution in [0.3, 0.4) is 0 Å². The minimum atomic E-state index is -2.52. The molecule has 0 saturated heterocycles. The SMILES string of the molecule is CCC[CH2][Sn]([CH2]CCC)([CH2]CCC)[c]1ccc2nc(-c3cncc(Cn4ccnn4)c3)n(C3CC3)c2c1. The molecule has 0 atom stereocenters. The standard InChI is InChI=1S/C18H15N6.3C4H9.Sn/c1-2-4-17-16(3-1)21-18(24(17)15-5-6-15)14-9-13(10-19-11-14)12-23-8-7-20-22-23;3*1-3-4-2;/h1,3-4,7-11,15H,5-6,12H2;3*1,3-4H2,2H3;. The topological polar surface area (TPSA) is 61.4 Å². The van der Waals surface area contributed by atoms with E-state index in [1.165, 1.54) is 70.2 Å². The number of hydrogen-bond acceptors (Lipinski definition) is 4. The second kappa shape index (κ2) is 12.1. The molecule has 0 bridgehead atoms. The van der Waals surface area contributed by atoms with E-state index in [1.807, 2.05) is 23.3 Å². The van der Waals surface area contributed by atoms with Crippen molar-refractivity contribution in [2.24, 2.45) is 0 Å². The molecule has 37 heavy (non-hydrogen) atoms. The van der Waals surface area contributed by atoms with Crippen molar-refractivity contribution in [3.8, 4) is 11.4 Å². The summed E-state index contributed by atoms with van der Waals surface area (Å²) in [4.78, 5) is 9.79. The number of hydrogen-bond donors (Lipinski definition) is 0. The van der Waals surface area contributed by atoms with Crippen LogP contribution < -0.4 is 3.58 Å². The van der Waals surface area contributed by atoms with Crippen molar-refractivity contribution in [2.45, 2.75) is 98.0 Å². The summed E-state index contributed by atoms with van der Waals surface area (Å²) in [6.07, 6.45) is 18.1. The van der Waals surface area contributed by atoms with Crippen molar-refractivity contribution in [1.82, 2.24) is 29.5 Å². The molecule has 1 aliphatic carbocycles. The number of fused-ring (bicyclic) bond motifs is 1. The average molecular weight is 605 g/mol. The molecule has 1 fully saturated rings. The fraction of sp³-hybridized carbons (Fsp3) is 0.533. The fourth-order valence-electron chi connectivity index (χ4n) is 5.88. The second-order valence-electron chi connectivity index (χ2n) is 11.0.